The van der Waals surface area contributed by atoms with Crippen molar-refractivity contribution in [2.45, 2.75) is 26.4 Å². The van der Waals surface area contributed by atoms with Gasteiger partial charge in [0.05, 0.1) is 17.4 Å². The van der Waals surface area contributed by atoms with Crippen molar-refractivity contribution in [3.8, 4) is 0 Å². The molecule has 0 unspecified atom stereocenters. The van der Waals surface area contributed by atoms with E-state index in [2.05, 4.69) is 33.9 Å². The minimum Gasteiger partial charge on any atom is -0.312 e. The molecule has 0 amide bonds. The van der Waals surface area contributed by atoms with E-state index < -0.39 is 0 Å². The Hall–Kier alpha value is -1.20. The van der Waals surface area contributed by atoms with Gasteiger partial charge in [0.25, 0.3) is 0 Å². The Morgan fingerprint density at radius 2 is 2.44 bits per heavy atom. The molecule has 2 aromatic heterocycles. The van der Waals surface area contributed by atoms with Crippen molar-refractivity contribution in [2.75, 3.05) is 6.54 Å². The van der Waals surface area contributed by atoms with Gasteiger partial charge in [-0.2, -0.15) is 5.10 Å². The number of aryl methyl sites for hydroxylation is 1. The Bertz CT molecular complexity index is 407. The van der Waals surface area contributed by atoms with Crippen molar-refractivity contribution < 1.29 is 0 Å². The van der Waals surface area contributed by atoms with Crippen LogP contribution in [0.4, 0.5) is 0 Å². The smallest absolute Gasteiger partial charge is 0.0794 e. The number of aromatic nitrogens is 3. The average Bonchev–Trinajstić information content (AvgIpc) is 2.95. The second kappa shape index (κ2) is 5.77. The van der Waals surface area contributed by atoms with Crippen LogP contribution in [-0.2, 0) is 19.5 Å². The van der Waals surface area contributed by atoms with Gasteiger partial charge in [-0.3, -0.25) is 4.68 Å². The van der Waals surface area contributed by atoms with Crippen LogP contribution in [0.2, 0.25) is 0 Å². The lowest BCUT2D eigenvalue weighted by Crippen LogP contribution is -2.16. The summed E-state index contributed by atoms with van der Waals surface area (Å²) in [4.78, 5) is 4.24. The topological polar surface area (TPSA) is 42.7 Å². The van der Waals surface area contributed by atoms with E-state index in [4.69, 9.17) is 0 Å². The Morgan fingerprint density at radius 3 is 3.12 bits per heavy atom. The normalized spacial score (nSPS) is 10.8. The second-order valence-corrected chi connectivity index (χ2v) is 4.33. The molecule has 2 heterocycles. The zero-order valence-corrected chi connectivity index (χ0v) is 10.2. The molecule has 0 bridgehead atoms. The third-order valence-electron chi connectivity index (χ3n) is 2.38. The summed E-state index contributed by atoms with van der Waals surface area (Å²) in [7, 11) is 0. The molecule has 2 aromatic rings. The highest BCUT2D eigenvalue weighted by atomic mass is 32.1. The van der Waals surface area contributed by atoms with Crippen molar-refractivity contribution in [3.63, 3.8) is 0 Å². The molecular formula is C11H16N4S. The number of hydrogen-bond acceptors (Lipinski definition) is 4. The molecule has 0 spiro atoms. The molecule has 0 fully saturated rings. The van der Waals surface area contributed by atoms with E-state index >= 15 is 0 Å². The molecule has 5 heteroatoms. The molecule has 1 N–H and O–H groups in total. The fraction of sp³-hybridized carbons (Fsp3) is 0.455. The quantitative estimate of drug-likeness (QED) is 0.776. The van der Waals surface area contributed by atoms with Crippen molar-refractivity contribution in [1.82, 2.24) is 20.1 Å². The van der Waals surface area contributed by atoms with Crippen molar-refractivity contribution in [2.24, 2.45) is 0 Å². The van der Waals surface area contributed by atoms with Gasteiger partial charge in [-0.25, -0.2) is 4.98 Å². The first-order valence-corrected chi connectivity index (χ1v) is 6.42. The molecule has 0 atom stereocenters. The van der Waals surface area contributed by atoms with Crippen LogP contribution < -0.4 is 5.32 Å². The summed E-state index contributed by atoms with van der Waals surface area (Å²) in [5.41, 5.74) is 4.28. The lowest BCUT2D eigenvalue weighted by atomic mass is 10.3. The van der Waals surface area contributed by atoms with Gasteiger partial charge in [0, 0.05) is 43.2 Å². The maximum absolute atomic E-state index is 4.24. The maximum Gasteiger partial charge on any atom is 0.0794 e. The molecule has 0 saturated carbocycles. The van der Waals surface area contributed by atoms with Gasteiger partial charge in [0.2, 0.25) is 0 Å². The summed E-state index contributed by atoms with van der Waals surface area (Å²) in [6.07, 6.45) is 4.99. The van der Waals surface area contributed by atoms with Gasteiger partial charge in [-0.05, 0) is 6.92 Å². The SMILES string of the molecule is CCn1cc(CNCCc2cscn2)cn1. The van der Waals surface area contributed by atoms with E-state index in [9.17, 15) is 0 Å². The zero-order valence-electron chi connectivity index (χ0n) is 9.39. The van der Waals surface area contributed by atoms with E-state index in [1.807, 2.05) is 16.4 Å². The first kappa shape index (κ1) is 11.3. The van der Waals surface area contributed by atoms with Crippen molar-refractivity contribution in [3.05, 3.63) is 34.5 Å². The minimum atomic E-state index is 0.879. The Kier molecular flexibility index (Phi) is 4.07. The van der Waals surface area contributed by atoms with Crippen LogP contribution in [0.5, 0.6) is 0 Å². The second-order valence-electron chi connectivity index (χ2n) is 3.61. The van der Waals surface area contributed by atoms with Crippen LogP contribution in [0.15, 0.2) is 23.3 Å². The summed E-state index contributed by atoms with van der Waals surface area (Å²) in [5, 5.41) is 9.71. The van der Waals surface area contributed by atoms with Gasteiger partial charge in [0.1, 0.15) is 0 Å². The maximum atomic E-state index is 4.24. The van der Waals surface area contributed by atoms with Crippen LogP contribution in [0.25, 0.3) is 0 Å². The summed E-state index contributed by atoms with van der Waals surface area (Å²) < 4.78 is 1.94. The predicted molar refractivity (Wildman–Crippen MR) is 65.4 cm³/mol. The summed E-state index contributed by atoms with van der Waals surface area (Å²) in [5.74, 6) is 0. The van der Waals surface area contributed by atoms with Gasteiger partial charge < -0.3 is 5.32 Å². The van der Waals surface area contributed by atoms with Crippen LogP contribution in [0.3, 0.4) is 0 Å². The van der Waals surface area contributed by atoms with Crippen molar-refractivity contribution >= 4 is 11.3 Å². The monoisotopic (exact) mass is 236 g/mol. The van der Waals surface area contributed by atoms with Gasteiger partial charge >= 0.3 is 0 Å². The number of nitrogens with one attached hydrogen (secondary N) is 1. The highest BCUT2D eigenvalue weighted by Crippen LogP contribution is 2.01. The third kappa shape index (κ3) is 3.15. The fourth-order valence-electron chi connectivity index (χ4n) is 1.48. The molecule has 86 valence electrons. The third-order valence-corrected chi connectivity index (χ3v) is 3.02. The van der Waals surface area contributed by atoms with Crippen LogP contribution in [0.1, 0.15) is 18.2 Å². The van der Waals surface area contributed by atoms with Gasteiger partial charge in [-0.15, -0.1) is 11.3 Å². The van der Waals surface area contributed by atoms with Crippen LogP contribution >= 0.6 is 11.3 Å². The lowest BCUT2D eigenvalue weighted by molar-refractivity contribution is 0.654. The van der Waals surface area contributed by atoms with Gasteiger partial charge in [-0.1, -0.05) is 0 Å². The van der Waals surface area contributed by atoms with E-state index in [-0.39, 0.29) is 0 Å². The first-order chi connectivity index (χ1) is 7.88. The number of nitrogens with zero attached hydrogens (tertiary/aromatic N) is 3. The molecule has 0 radical (unpaired) electrons. The van der Waals surface area contributed by atoms with Crippen LogP contribution in [-0.4, -0.2) is 21.3 Å². The minimum absolute atomic E-state index is 0.879. The molecule has 2 rings (SSSR count). The summed E-state index contributed by atoms with van der Waals surface area (Å²) >= 11 is 1.65. The van der Waals surface area contributed by atoms with Crippen molar-refractivity contribution in [1.29, 1.82) is 0 Å². The molecule has 0 aliphatic heterocycles. The van der Waals surface area contributed by atoms with Crippen LogP contribution in [0, 0.1) is 0 Å². The largest absolute Gasteiger partial charge is 0.312 e. The molecule has 0 aromatic carbocycles. The number of hydrogen-bond donors (Lipinski definition) is 1. The Labute approximate surface area is 99.3 Å². The fourth-order valence-corrected chi connectivity index (χ4v) is 2.07. The summed E-state index contributed by atoms with van der Waals surface area (Å²) in [6.45, 7) is 4.86. The molecule has 16 heavy (non-hydrogen) atoms. The number of thiazole rings is 1. The molecule has 0 aliphatic rings. The zero-order chi connectivity index (χ0) is 11.2. The Balaban J connectivity index is 1.68. The molecule has 0 saturated heterocycles. The average molecular weight is 236 g/mol. The molecule has 4 nitrogen and oxygen atoms in total. The van der Waals surface area contributed by atoms with E-state index in [1.165, 1.54) is 11.3 Å². The lowest BCUT2D eigenvalue weighted by Gasteiger charge is -2.00. The summed E-state index contributed by atoms with van der Waals surface area (Å²) in [6, 6.07) is 0. The highest BCUT2D eigenvalue weighted by Gasteiger charge is 1.97. The van der Waals surface area contributed by atoms with E-state index in [0.717, 1.165) is 26.1 Å². The van der Waals surface area contributed by atoms with E-state index in [1.54, 1.807) is 11.3 Å². The Morgan fingerprint density at radius 1 is 1.50 bits per heavy atom. The standard InChI is InChI=1S/C11H16N4S/c1-2-15-7-10(6-14-15)5-12-4-3-11-8-16-9-13-11/h6-9,12H,2-5H2,1H3. The number of rotatable bonds is 6. The predicted octanol–water partition coefficient (Wildman–Crippen LogP) is 1.69. The highest BCUT2D eigenvalue weighted by molar-refractivity contribution is 7.07. The van der Waals surface area contributed by atoms with Gasteiger partial charge in [0.15, 0.2) is 0 Å². The molecule has 0 aliphatic carbocycles. The molecular weight excluding hydrogens is 220 g/mol. The first-order valence-electron chi connectivity index (χ1n) is 5.47. The van der Waals surface area contributed by atoms with E-state index in [0.29, 0.717) is 0 Å².